The Morgan fingerprint density at radius 1 is 0.405 bits per heavy atom. The number of carboxylic acid groups (broad SMARTS) is 2. The van der Waals surface area contributed by atoms with Crippen molar-refractivity contribution >= 4 is 58.2 Å². The molecule has 0 saturated carbocycles. The van der Waals surface area contributed by atoms with Gasteiger partial charge < -0.3 is 44.7 Å². The minimum absolute atomic E-state index is 0.0991. The summed E-state index contributed by atoms with van der Waals surface area (Å²) >= 11 is 0. The number of aromatic hydroxyl groups is 1. The molecule has 0 heterocycles. The van der Waals surface area contributed by atoms with Crippen LogP contribution in [0, 0.1) is 11.8 Å². The Morgan fingerprint density at radius 2 is 0.865 bits per heavy atom. The molecule has 9 aromatic rings. The third-order valence-corrected chi connectivity index (χ3v) is 14.4. The van der Waals surface area contributed by atoms with Gasteiger partial charge in [-0.2, -0.15) is 0 Å². The Kier molecular flexibility index (Phi) is 14.4. The van der Waals surface area contributed by atoms with Gasteiger partial charge in [0.1, 0.15) is 40.2 Å². The number of amides is 2. The summed E-state index contributed by atoms with van der Waals surface area (Å²) in [6, 6.07) is 59.7. The second-order valence-corrected chi connectivity index (χ2v) is 19.1. The number of hydrogen-bond donors (Lipinski definition) is 5. The van der Waals surface area contributed by atoms with E-state index in [2.05, 4.69) is 22.5 Å². The Bertz CT molecular complexity index is 3660. The molecule has 0 aromatic heterocycles. The molecule has 74 heavy (non-hydrogen) atoms. The number of ether oxygens (including phenoxy) is 3. The van der Waals surface area contributed by atoms with E-state index in [4.69, 9.17) is 14.2 Å². The molecule has 13 nitrogen and oxygen atoms in total. The molecule has 5 N–H and O–H groups in total. The lowest BCUT2D eigenvalue weighted by Crippen LogP contribution is -2.26. The lowest BCUT2D eigenvalue weighted by Gasteiger charge is -2.23. The van der Waals surface area contributed by atoms with E-state index in [0.29, 0.717) is 50.2 Å². The molecule has 0 bridgehead atoms. The molecule has 0 radical (unpaired) electrons. The van der Waals surface area contributed by atoms with Crippen LogP contribution >= 0.6 is 7.14 Å². The quantitative estimate of drug-likeness (QED) is 0.0484. The number of hydrogen-bond acceptors (Lipinski definition) is 9. The highest BCUT2D eigenvalue weighted by atomic mass is 31.2. The molecule has 0 atom stereocenters. The fraction of sp³-hybridized carbons (Fsp3) is 0. The molecule has 0 fully saturated rings. The molecule has 14 heteroatoms. The average Bonchev–Trinajstić information content (AvgIpc) is 3.41. The van der Waals surface area contributed by atoms with Crippen molar-refractivity contribution in [3.05, 3.63) is 252 Å². The molecule has 362 valence electrons. The summed E-state index contributed by atoms with van der Waals surface area (Å²) in [5, 5.41) is 36.4. The second-order valence-electron chi connectivity index (χ2n) is 16.4. The van der Waals surface area contributed by atoms with Crippen molar-refractivity contribution in [3.63, 3.8) is 0 Å². The van der Waals surface area contributed by atoms with Gasteiger partial charge in [-0.1, -0.05) is 109 Å². The predicted octanol–water partition coefficient (Wildman–Crippen LogP) is 11.7. The van der Waals surface area contributed by atoms with Gasteiger partial charge in [-0.3, -0.25) is 9.59 Å². The monoisotopic (exact) mass is 996 g/mol. The molecule has 0 aliphatic carbocycles. The summed E-state index contributed by atoms with van der Waals surface area (Å²) in [6.45, 7) is 0. The topological polar surface area (TPSA) is 198 Å². The van der Waals surface area contributed by atoms with Gasteiger partial charge >= 0.3 is 11.9 Å². The van der Waals surface area contributed by atoms with Crippen LogP contribution in [0.3, 0.4) is 0 Å². The number of carboxylic acids is 2. The molecule has 0 saturated heterocycles. The van der Waals surface area contributed by atoms with Crippen molar-refractivity contribution in [2.75, 3.05) is 10.6 Å². The number of phenolic OH excluding ortho intramolecular Hbond substituents is 1. The summed E-state index contributed by atoms with van der Waals surface area (Å²) in [5.41, 5.74) is 0.953. The van der Waals surface area contributed by atoms with E-state index in [0.717, 1.165) is 17.7 Å². The third kappa shape index (κ3) is 11.4. The highest BCUT2D eigenvalue weighted by molar-refractivity contribution is 7.85. The molecule has 9 aromatic carbocycles. The minimum atomic E-state index is -3.66. The van der Waals surface area contributed by atoms with Crippen molar-refractivity contribution in [2.24, 2.45) is 0 Å². The Balaban J connectivity index is 1.01. The smallest absolute Gasteiger partial charge is 0.336 e. The maximum atomic E-state index is 15.8. The third-order valence-electron chi connectivity index (χ3n) is 11.3. The highest BCUT2D eigenvalue weighted by Gasteiger charge is 2.33. The number of anilines is 2. The number of aromatic carboxylic acids is 2. The molecule has 0 aliphatic heterocycles. The highest BCUT2D eigenvalue weighted by Crippen LogP contribution is 2.47. The lowest BCUT2D eigenvalue weighted by atomic mass is 10.0. The van der Waals surface area contributed by atoms with Gasteiger partial charge in [-0.15, -0.1) is 0 Å². The second kappa shape index (κ2) is 21.9. The number of phenols is 1. The van der Waals surface area contributed by atoms with Gasteiger partial charge in [0.15, 0.2) is 7.14 Å². The van der Waals surface area contributed by atoms with Crippen molar-refractivity contribution < 1.29 is 53.3 Å². The number of nitrogens with one attached hydrogen (secondary N) is 2. The van der Waals surface area contributed by atoms with Crippen molar-refractivity contribution in [1.82, 2.24) is 0 Å². The zero-order chi connectivity index (χ0) is 51.6. The lowest BCUT2D eigenvalue weighted by molar-refractivity contribution is 0.0683. The van der Waals surface area contributed by atoms with E-state index < -0.39 is 30.9 Å². The standard InChI is InChI=1S/C60H41N2O11P/c63-43-28-31-52(60(68)69)54(36-43)58(65)62-41-15-10-17-44(34-41)71-46-19-12-20-47(37-46)72-48-29-32-56(74(70,49-21-6-2-7-22-49)50-23-8-3-9-24-50)55(38-48)73-45-18-11-16-42(35-45)61-57(64)53-33-40(27-30-51(53)59(66)67)26-25-39-13-4-1-5-14-39/h1-24,27-38,63H,(H,61,64)(H,62,65)(H,66,67)(H,68,69). The van der Waals surface area contributed by atoms with Crippen LogP contribution in [0.5, 0.6) is 40.2 Å². The van der Waals surface area contributed by atoms with Crippen molar-refractivity contribution in [2.45, 2.75) is 0 Å². The van der Waals surface area contributed by atoms with Crippen LogP contribution < -0.4 is 40.8 Å². The number of carbonyl (C=O) groups excluding carboxylic acids is 2. The van der Waals surface area contributed by atoms with E-state index in [1.807, 2.05) is 66.7 Å². The summed E-state index contributed by atoms with van der Waals surface area (Å²) in [5.74, 6) is 3.46. The van der Waals surface area contributed by atoms with Crippen LogP contribution in [0.15, 0.2) is 218 Å². The summed E-state index contributed by atoms with van der Waals surface area (Å²) in [4.78, 5) is 51.0. The van der Waals surface area contributed by atoms with Crippen LogP contribution in [0.2, 0.25) is 0 Å². The van der Waals surface area contributed by atoms with Gasteiger partial charge in [-0.25, -0.2) is 9.59 Å². The van der Waals surface area contributed by atoms with Gasteiger partial charge in [0.05, 0.1) is 27.6 Å². The maximum absolute atomic E-state index is 15.8. The molecule has 0 spiro atoms. The first kappa shape index (κ1) is 48.9. The minimum Gasteiger partial charge on any atom is -0.508 e. The average molecular weight is 997 g/mol. The van der Waals surface area contributed by atoms with Crippen LogP contribution in [0.25, 0.3) is 0 Å². The van der Waals surface area contributed by atoms with Crippen molar-refractivity contribution in [1.29, 1.82) is 0 Å². The molecular formula is C60H41N2O11P. The first-order chi connectivity index (χ1) is 35.9. The van der Waals surface area contributed by atoms with E-state index >= 15 is 4.57 Å². The van der Waals surface area contributed by atoms with E-state index in [1.165, 1.54) is 18.2 Å². The van der Waals surface area contributed by atoms with Gasteiger partial charge in [-0.05, 0) is 97.1 Å². The maximum Gasteiger partial charge on any atom is 0.336 e. The fourth-order valence-corrected chi connectivity index (χ4v) is 10.6. The molecule has 9 rings (SSSR count). The normalized spacial score (nSPS) is 10.8. The SMILES string of the molecule is O=C(O)c1ccc(O)cc1C(=O)Nc1cccc(Oc2cccc(Oc3ccc(P(=O)(c4ccccc4)c4ccccc4)c(Oc4cccc(NC(=O)c5cc(C#Cc6ccccc6)ccc5C(=O)O)c4)c3)c2)c1. The molecule has 2 amide bonds. The summed E-state index contributed by atoms with van der Waals surface area (Å²) in [6.07, 6.45) is 0. The Hall–Kier alpha value is -10.2. The van der Waals surface area contributed by atoms with E-state index in [1.54, 1.807) is 121 Å². The summed E-state index contributed by atoms with van der Waals surface area (Å²) < 4.78 is 35.0. The Morgan fingerprint density at radius 3 is 1.42 bits per heavy atom. The van der Waals surface area contributed by atoms with E-state index in [-0.39, 0.29) is 45.2 Å². The Labute approximate surface area is 424 Å². The number of rotatable bonds is 15. The first-order valence-corrected chi connectivity index (χ1v) is 24.4. The van der Waals surface area contributed by atoms with Crippen LogP contribution in [0.4, 0.5) is 11.4 Å². The van der Waals surface area contributed by atoms with Crippen LogP contribution in [-0.2, 0) is 4.57 Å². The zero-order valence-electron chi connectivity index (χ0n) is 38.8. The molecular weight excluding hydrogens is 956 g/mol. The fourth-order valence-electron chi connectivity index (χ4n) is 7.84. The number of carbonyl (C=O) groups is 4. The predicted molar refractivity (Wildman–Crippen MR) is 282 cm³/mol. The van der Waals surface area contributed by atoms with Gasteiger partial charge in [0.25, 0.3) is 11.8 Å². The summed E-state index contributed by atoms with van der Waals surface area (Å²) in [7, 11) is -3.66. The largest absolute Gasteiger partial charge is 0.508 e. The van der Waals surface area contributed by atoms with Gasteiger partial charge in [0, 0.05) is 57.4 Å². The van der Waals surface area contributed by atoms with Crippen LogP contribution in [0.1, 0.15) is 52.6 Å². The molecule has 0 unspecified atom stereocenters. The zero-order valence-corrected chi connectivity index (χ0v) is 39.7. The number of benzene rings is 9. The van der Waals surface area contributed by atoms with Crippen LogP contribution in [-0.4, -0.2) is 39.1 Å². The van der Waals surface area contributed by atoms with Crippen molar-refractivity contribution in [3.8, 4) is 52.1 Å². The first-order valence-electron chi connectivity index (χ1n) is 22.7. The van der Waals surface area contributed by atoms with E-state index in [9.17, 15) is 34.5 Å². The van der Waals surface area contributed by atoms with Gasteiger partial charge in [0.2, 0.25) is 0 Å². The molecule has 0 aliphatic rings.